The Morgan fingerprint density at radius 3 is 2.95 bits per heavy atom. The summed E-state index contributed by atoms with van der Waals surface area (Å²) in [6, 6.07) is 8.18. The average molecular weight is 292 g/mol. The van der Waals surface area contributed by atoms with E-state index in [0.717, 1.165) is 0 Å². The average Bonchev–Trinajstić information content (AvgIpc) is 2.94. The van der Waals surface area contributed by atoms with Gasteiger partial charge in [0.25, 0.3) is 5.91 Å². The van der Waals surface area contributed by atoms with E-state index in [4.69, 9.17) is 31.9 Å². The van der Waals surface area contributed by atoms with Gasteiger partial charge in [0.05, 0.1) is 22.2 Å². The Labute approximate surface area is 119 Å². The van der Waals surface area contributed by atoms with Crippen molar-refractivity contribution >= 4 is 17.5 Å². The molecule has 0 atom stereocenters. The molecule has 102 valence electrons. The fourth-order valence-electron chi connectivity index (χ4n) is 1.50. The zero-order valence-electron chi connectivity index (χ0n) is 10.2. The van der Waals surface area contributed by atoms with Gasteiger partial charge in [0.1, 0.15) is 24.4 Å². The molecule has 1 aromatic heterocycles. The van der Waals surface area contributed by atoms with E-state index in [1.807, 2.05) is 11.5 Å². The molecule has 0 aliphatic rings. The van der Waals surface area contributed by atoms with Crippen LogP contribution in [0.1, 0.15) is 21.7 Å². The summed E-state index contributed by atoms with van der Waals surface area (Å²) in [5.74, 6) is 5.43. The van der Waals surface area contributed by atoms with Gasteiger partial charge in [0, 0.05) is 0 Å². The van der Waals surface area contributed by atoms with Crippen molar-refractivity contribution < 1.29 is 13.9 Å². The second kappa shape index (κ2) is 6.10. The standard InChI is InChI=1S/C13H10ClN3O3/c14-11-3-8(5-15)1-2-12(11)20-7-10-4-9(6-19-10)13(18)17-16/h1-4,6H,7,16H2,(H,17,18). The maximum atomic E-state index is 11.2. The highest BCUT2D eigenvalue weighted by Crippen LogP contribution is 2.26. The van der Waals surface area contributed by atoms with Crippen LogP contribution >= 0.6 is 11.6 Å². The number of nitrogens with zero attached hydrogens (tertiary/aromatic N) is 1. The minimum absolute atomic E-state index is 0.101. The predicted octanol–water partition coefficient (Wildman–Crippen LogP) is 1.99. The van der Waals surface area contributed by atoms with Crippen molar-refractivity contribution in [2.75, 3.05) is 0 Å². The zero-order chi connectivity index (χ0) is 14.5. The molecule has 6 nitrogen and oxygen atoms in total. The lowest BCUT2D eigenvalue weighted by atomic mass is 10.2. The quantitative estimate of drug-likeness (QED) is 0.509. The molecule has 0 aliphatic carbocycles. The topological polar surface area (TPSA) is 101 Å². The number of nitriles is 1. The molecule has 0 saturated heterocycles. The largest absolute Gasteiger partial charge is 0.484 e. The van der Waals surface area contributed by atoms with Gasteiger partial charge in [-0.1, -0.05) is 11.6 Å². The number of carbonyl (C=O) groups excluding carboxylic acids is 1. The molecular weight excluding hydrogens is 282 g/mol. The number of rotatable bonds is 4. The van der Waals surface area contributed by atoms with E-state index < -0.39 is 5.91 Å². The van der Waals surface area contributed by atoms with E-state index >= 15 is 0 Å². The van der Waals surface area contributed by atoms with Crippen LogP contribution in [0.5, 0.6) is 5.75 Å². The minimum atomic E-state index is -0.448. The molecule has 0 saturated carbocycles. The summed E-state index contributed by atoms with van der Waals surface area (Å²) in [5.41, 5.74) is 2.75. The molecule has 0 fully saturated rings. The van der Waals surface area contributed by atoms with Crippen molar-refractivity contribution in [1.29, 1.82) is 5.26 Å². The third-order valence-electron chi connectivity index (χ3n) is 2.48. The summed E-state index contributed by atoms with van der Waals surface area (Å²) in [6.07, 6.45) is 1.28. The number of furan rings is 1. The summed E-state index contributed by atoms with van der Waals surface area (Å²) in [6.45, 7) is 0.101. The van der Waals surface area contributed by atoms with E-state index in [2.05, 4.69) is 0 Å². The molecule has 0 radical (unpaired) electrons. The molecule has 1 heterocycles. The van der Waals surface area contributed by atoms with Gasteiger partial charge in [-0.25, -0.2) is 5.84 Å². The fraction of sp³-hybridized carbons (Fsp3) is 0.0769. The highest BCUT2D eigenvalue weighted by atomic mass is 35.5. The Balaban J connectivity index is 2.04. The van der Waals surface area contributed by atoms with Crippen molar-refractivity contribution in [3.8, 4) is 11.8 Å². The molecule has 20 heavy (non-hydrogen) atoms. The van der Waals surface area contributed by atoms with E-state index in [1.165, 1.54) is 18.4 Å². The smallest absolute Gasteiger partial charge is 0.268 e. The van der Waals surface area contributed by atoms with E-state index in [0.29, 0.717) is 27.7 Å². The molecule has 2 aromatic rings. The first-order chi connectivity index (χ1) is 9.63. The molecule has 7 heteroatoms. The van der Waals surface area contributed by atoms with Crippen LogP contribution in [0.25, 0.3) is 0 Å². The summed E-state index contributed by atoms with van der Waals surface area (Å²) in [5, 5.41) is 9.06. The normalized spacial score (nSPS) is 9.85. The van der Waals surface area contributed by atoms with Crippen LogP contribution < -0.4 is 16.0 Å². The van der Waals surface area contributed by atoms with Gasteiger partial charge in [0.15, 0.2) is 0 Å². The number of hydrazine groups is 1. The second-order valence-electron chi connectivity index (χ2n) is 3.82. The number of nitrogens with one attached hydrogen (secondary N) is 1. The van der Waals surface area contributed by atoms with Crippen LogP contribution in [0.15, 0.2) is 34.9 Å². The first-order valence-electron chi connectivity index (χ1n) is 5.55. The van der Waals surface area contributed by atoms with Crippen molar-refractivity contribution in [1.82, 2.24) is 5.43 Å². The lowest BCUT2D eigenvalue weighted by Gasteiger charge is -2.06. The number of carbonyl (C=O) groups is 1. The highest BCUT2D eigenvalue weighted by molar-refractivity contribution is 6.32. The third-order valence-corrected chi connectivity index (χ3v) is 2.77. The maximum Gasteiger partial charge on any atom is 0.268 e. The molecule has 0 unspecified atom stereocenters. The van der Waals surface area contributed by atoms with E-state index in [1.54, 1.807) is 12.1 Å². The lowest BCUT2D eigenvalue weighted by Crippen LogP contribution is -2.29. The molecule has 1 aromatic carbocycles. The number of hydrogen-bond donors (Lipinski definition) is 2. The van der Waals surface area contributed by atoms with Gasteiger partial charge >= 0.3 is 0 Å². The number of ether oxygens (including phenoxy) is 1. The predicted molar refractivity (Wildman–Crippen MR) is 70.9 cm³/mol. The molecule has 0 aliphatic heterocycles. The summed E-state index contributed by atoms with van der Waals surface area (Å²) >= 11 is 5.97. The molecular formula is C13H10ClN3O3. The van der Waals surface area contributed by atoms with Crippen LogP contribution in [0, 0.1) is 11.3 Å². The lowest BCUT2D eigenvalue weighted by molar-refractivity contribution is 0.0953. The maximum absolute atomic E-state index is 11.2. The Bertz CT molecular complexity index is 676. The molecule has 2 rings (SSSR count). The van der Waals surface area contributed by atoms with E-state index in [-0.39, 0.29) is 6.61 Å². The van der Waals surface area contributed by atoms with E-state index in [9.17, 15) is 4.79 Å². The number of amides is 1. The molecule has 1 amide bonds. The number of hydrogen-bond acceptors (Lipinski definition) is 5. The molecule has 3 N–H and O–H groups in total. The molecule has 0 spiro atoms. The number of halogens is 1. The van der Waals surface area contributed by atoms with Crippen LogP contribution in [0.4, 0.5) is 0 Å². The summed E-state index contributed by atoms with van der Waals surface area (Å²) in [4.78, 5) is 11.2. The van der Waals surface area contributed by atoms with Crippen LogP contribution in [-0.2, 0) is 6.61 Å². The monoisotopic (exact) mass is 291 g/mol. The summed E-state index contributed by atoms with van der Waals surface area (Å²) in [7, 11) is 0. The Kier molecular flexibility index (Phi) is 4.25. The van der Waals surface area contributed by atoms with Crippen molar-refractivity contribution in [3.05, 3.63) is 52.4 Å². The van der Waals surface area contributed by atoms with Gasteiger partial charge < -0.3 is 9.15 Å². The minimum Gasteiger partial charge on any atom is -0.484 e. The highest BCUT2D eigenvalue weighted by Gasteiger charge is 2.10. The zero-order valence-corrected chi connectivity index (χ0v) is 11.0. The third kappa shape index (κ3) is 3.09. The van der Waals surface area contributed by atoms with Gasteiger partial charge in [-0.15, -0.1) is 0 Å². The van der Waals surface area contributed by atoms with Gasteiger partial charge in [0.2, 0.25) is 0 Å². The number of benzene rings is 1. The summed E-state index contributed by atoms with van der Waals surface area (Å²) < 4.78 is 10.6. The second-order valence-corrected chi connectivity index (χ2v) is 4.23. The van der Waals surface area contributed by atoms with Gasteiger partial charge in [-0.05, 0) is 24.3 Å². The Morgan fingerprint density at radius 1 is 1.50 bits per heavy atom. The SMILES string of the molecule is N#Cc1ccc(OCc2cc(C(=O)NN)co2)c(Cl)c1. The first-order valence-corrected chi connectivity index (χ1v) is 5.92. The number of nitrogen functional groups attached to an aromatic ring is 1. The van der Waals surface area contributed by atoms with Crippen molar-refractivity contribution in [2.45, 2.75) is 6.61 Å². The number of nitrogens with two attached hydrogens (primary N) is 1. The van der Waals surface area contributed by atoms with Gasteiger partial charge in [-0.2, -0.15) is 5.26 Å². The van der Waals surface area contributed by atoms with Crippen molar-refractivity contribution in [3.63, 3.8) is 0 Å². The Hall–Kier alpha value is -2.49. The van der Waals surface area contributed by atoms with Crippen LogP contribution in [0.3, 0.4) is 0 Å². The Morgan fingerprint density at radius 2 is 2.30 bits per heavy atom. The van der Waals surface area contributed by atoms with Gasteiger partial charge in [-0.3, -0.25) is 10.2 Å². The fourth-order valence-corrected chi connectivity index (χ4v) is 1.73. The van der Waals surface area contributed by atoms with Crippen LogP contribution in [-0.4, -0.2) is 5.91 Å². The first kappa shape index (κ1) is 13.9. The van der Waals surface area contributed by atoms with Crippen molar-refractivity contribution in [2.24, 2.45) is 5.84 Å². The molecule has 0 bridgehead atoms. The van der Waals surface area contributed by atoms with Crippen LogP contribution in [0.2, 0.25) is 5.02 Å².